The molecule has 1 amide bonds. The first-order chi connectivity index (χ1) is 13.2. The number of rotatable bonds is 6. The van der Waals surface area contributed by atoms with Crippen LogP contribution in [0.1, 0.15) is 11.1 Å². The molecule has 2 aromatic rings. The Morgan fingerprint density at radius 3 is 1.89 bits per heavy atom. The fraction of sp³-hybridized carbons (Fsp3) is 0.176. The molecule has 0 saturated carbocycles. The van der Waals surface area contributed by atoms with E-state index in [0.29, 0.717) is 0 Å². The van der Waals surface area contributed by atoms with Gasteiger partial charge in [0.25, 0.3) is 0 Å². The summed E-state index contributed by atoms with van der Waals surface area (Å²) in [4.78, 5) is 19.2. The van der Waals surface area contributed by atoms with Crippen LogP contribution < -0.4 is 5.73 Å². The Kier molecular flexibility index (Phi) is 8.27. The molecule has 0 aromatic heterocycles. The van der Waals surface area contributed by atoms with E-state index in [4.69, 9.17) is 57.0 Å². The van der Waals surface area contributed by atoms with Gasteiger partial charge < -0.3 is 10.6 Å². The van der Waals surface area contributed by atoms with Crippen molar-refractivity contribution in [3.63, 3.8) is 0 Å². The fourth-order valence-corrected chi connectivity index (χ4v) is 2.67. The standard InChI is InChI=1S/C17H13Cl4F2N3O2/c18-11-3-1-5-13(22)9(11)7-26(28-17(27)25-16(24)15(20)21)8-10-12(19)4-2-6-14(10)23/h1-6,15H,7-8H2,(H2,24,25,27). The Morgan fingerprint density at radius 1 is 1.04 bits per heavy atom. The van der Waals surface area contributed by atoms with Crippen LogP contribution in [0.25, 0.3) is 0 Å². The first-order valence-electron chi connectivity index (χ1n) is 7.64. The van der Waals surface area contributed by atoms with Crippen LogP contribution in [0.2, 0.25) is 10.0 Å². The fourth-order valence-electron chi connectivity index (χ4n) is 2.12. The van der Waals surface area contributed by atoms with Gasteiger partial charge in [-0.15, -0.1) is 5.06 Å². The average molecular weight is 471 g/mol. The number of hydrogen-bond acceptors (Lipinski definition) is 3. The van der Waals surface area contributed by atoms with Gasteiger partial charge in [-0.2, -0.15) is 4.99 Å². The molecule has 2 N–H and O–H groups in total. The minimum Gasteiger partial charge on any atom is -0.385 e. The van der Waals surface area contributed by atoms with Gasteiger partial charge in [0, 0.05) is 21.2 Å². The number of aliphatic imine (C=N–C) groups is 1. The van der Waals surface area contributed by atoms with Crippen molar-refractivity contribution < 1.29 is 18.4 Å². The van der Waals surface area contributed by atoms with Gasteiger partial charge in [0.2, 0.25) is 0 Å². The van der Waals surface area contributed by atoms with Gasteiger partial charge in [0.1, 0.15) is 17.5 Å². The average Bonchev–Trinajstić information content (AvgIpc) is 2.61. The Bertz CT molecular complexity index is 803. The lowest BCUT2D eigenvalue weighted by Gasteiger charge is -2.22. The SMILES string of the molecule is NC(=NC(=O)ON(Cc1c(F)cccc1Cl)Cc1c(F)cccc1Cl)C(Cl)Cl. The van der Waals surface area contributed by atoms with Crippen LogP contribution in [0.4, 0.5) is 13.6 Å². The van der Waals surface area contributed by atoms with Gasteiger partial charge in [-0.25, -0.2) is 13.6 Å². The van der Waals surface area contributed by atoms with E-state index in [-0.39, 0.29) is 34.3 Å². The molecule has 0 atom stereocenters. The third-order valence-corrected chi connectivity index (χ3v) is 4.60. The zero-order valence-corrected chi connectivity index (χ0v) is 17.0. The summed E-state index contributed by atoms with van der Waals surface area (Å²) >= 11 is 23.0. The zero-order valence-electron chi connectivity index (χ0n) is 14.0. The summed E-state index contributed by atoms with van der Waals surface area (Å²) in [6, 6.07) is 8.10. The predicted octanol–water partition coefficient (Wildman–Crippen LogP) is 5.49. The molecule has 5 nitrogen and oxygen atoms in total. The third kappa shape index (κ3) is 6.18. The van der Waals surface area contributed by atoms with Gasteiger partial charge >= 0.3 is 6.09 Å². The van der Waals surface area contributed by atoms with Gasteiger partial charge in [-0.3, -0.25) is 0 Å². The van der Waals surface area contributed by atoms with Crippen molar-refractivity contribution in [3.05, 3.63) is 69.2 Å². The van der Waals surface area contributed by atoms with Crippen molar-refractivity contribution >= 4 is 58.3 Å². The molecule has 0 radical (unpaired) electrons. The second-order valence-electron chi connectivity index (χ2n) is 5.39. The lowest BCUT2D eigenvalue weighted by atomic mass is 10.1. The number of hydroxylamine groups is 2. The summed E-state index contributed by atoms with van der Waals surface area (Å²) in [5.41, 5.74) is 5.44. The summed E-state index contributed by atoms with van der Waals surface area (Å²) in [5.74, 6) is -1.68. The van der Waals surface area contributed by atoms with Crippen LogP contribution in [-0.4, -0.2) is 21.8 Å². The molecule has 0 spiro atoms. The van der Waals surface area contributed by atoms with E-state index < -0.39 is 28.4 Å². The molecular formula is C17H13Cl4F2N3O2. The largest absolute Gasteiger partial charge is 0.454 e. The van der Waals surface area contributed by atoms with Gasteiger partial charge in [0.05, 0.1) is 13.1 Å². The van der Waals surface area contributed by atoms with E-state index in [1.807, 2.05) is 0 Å². The molecule has 28 heavy (non-hydrogen) atoms. The molecule has 0 unspecified atom stereocenters. The molecule has 11 heteroatoms. The van der Waals surface area contributed by atoms with Gasteiger partial charge in [-0.1, -0.05) is 58.5 Å². The number of nitrogens with two attached hydrogens (primary N) is 1. The third-order valence-electron chi connectivity index (χ3n) is 3.44. The smallest absolute Gasteiger partial charge is 0.385 e. The monoisotopic (exact) mass is 469 g/mol. The van der Waals surface area contributed by atoms with Crippen molar-refractivity contribution in [2.24, 2.45) is 10.7 Å². The molecule has 0 fully saturated rings. The van der Waals surface area contributed by atoms with Crippen LogP contribution in [0.3, 0.4) is 0 Å². The first-order valence-corrected chi connectivity index (χ1v) is 9.26. The predicted molar refractivity (Wildman–Crippen MR) is 106 cm³/mol. The zero-order chi connectivity index (χ0) is 20.8. The second kappa shape index (κ2) is 10.2. The number of nitrogens with zero attached hydrogens (tertiary/aromatic N) is 2. The van der Waals surface area contributed by atoms with Crippen LogP contribution in [0, 0.1) is 11.6 Å². The van der Waals surface area contributed by atoms with Crippen molar-refractivity contribution in [2.75, 3.05) is 0 Å². The summed E-state index contributed by atoms with van der Waals surface area (Å²) in [6.45, 7) is -0.634. The van der Waals surface area contributed by atoms with E-state index in [1.165, 1.54) is 36.4 Å². The Balaban J connectivity index is 2.32. The van der Waals surface area contributed by atoms with E-state index in [0.717, 1.165) is 5.06 Å². The minimum atomic E-state index is -1.23. The molecule has 0 aliphatic rings. The van der Waals surface area contributed by atoms with E-state index in [1.54, 1.807) is 0 Å². The number of halogens is 6. The first kappa shape index (κ1) is 22.6. The highest BCUT2D eigenvalue weighted by Gasteiger charge is 2.21. The molecule has 0 saturated heterocycles. The Morgan fingerprint density at radius 2 is 1.50 bits per heavy atom. The van der Waals surface area contributed by atoms with Crippen LogP contribution >= 0.6 is 46.4 Å². The van der Waals surface area contributed by atoms with Crippen molar-refractivity contribution in [2.45, 2.75) is 17.9 Å². The van der Waals surface area contributed by atoms with E-state index >= 15 is 0 Å². The van der Waals surface area contributed by atoms with Crippen molar-refractivity contribution in [1.29, 1.82) is 0 Å². The molecule has 0 heterocycles. The molecule has 0 aliphatic heterocycles. The number of amides is 1. The highest BCUT2D eigenvalue weighted by molar-refractivity contribution is 6.54. The van der Waals surface area contributed by atoms with Crippen LogP contribution in [0.5, 0.6) is 0 Å². The van der Waals surface area contributed by atoms with Crippen LogP contribution in [-0.2, 0) is 17.9 Å². The topological polar surface area (TPSA) is 67.9 Å². The number of benzene rings is 2. The van der Waals surface area contributed by atoms with Gasteiger partial charge in [0.15, 0.2) is 4.84 Å². The highest BCUT2D eigenvalue weighted by Crippen LogP contribution is 2.25. The number of carbonyl (C=O) groups is 1. The number of hydrogen-bond donors (Lipinski definition) is 1. The summed E-state index contributed by atoms with van der Waals surface area (Å²) in [5, 5.41) is 1.11. The van der Waals surface area contributed by atoms with E-state index in [2.05, 4.69) is 4.99 Å². The number of amidine groups is 1. The number of alkyl halides is 2. The van der Waals surface area contributed by atoms with Crippen molar-refractivity contribution in [3.8, 4) is 0 Å². The lowest BCUT2D eigenvalue weighted by Crippen LogP contribution is -2.29. The lowest BCUT2D eigenvalue weighted by molar-refractivity contribution is -0.112. The highest BCUT2D eigenvalue weighted by atomic mass is 35.5. The summed E-state index contributed by atoms with van der Waals surface area (Å²) in [7, 11) is 0. The number of carbonyl (C=O) groups excluding carboxylic acids is 1. The maximum Gasteiger partial charge on any atom is 0.454 e. The molecule has 0 bridgehead atoms. The molecular weight excluding hydrogens is 458 g/mol. The maximum absolute atomic E-state index is 14.1. The minimum absolute atomic E-state index is 0.0222. The second-order valence-corrected chi connectivity index (χ2v) is 7.30. The quantitative estimate of drug-likeness (QED) is 0.262. The summed E-state index contributed by atoms with van der Waals surface area (Å²) in [6.07, 6.45) is -1.19. The normalized spacial score (nSPS) is 11.9. The van der Waals surface area contributed by atoms with Crippen molar-refractivity contribution in [1.82, 2.24) is 5.06 Å². The molecule has 2 rings (SSSR count). The molecule has 0 aliphatic carbocycles. The Hall–Kier alpha value is -1.64. The van der Waals surface area contributed by atoms with Crippen LogP contribution in [0.15, 0.2) is 41.4 Å². The molecule has 150 valence electrons. The molecule has 2 aromatic carbocycles. The van der Waals surface area contributed by atoms with E-state index in [9.17, 15) is 13.6 Å². The Labute approximate surface area is 179 Å². The van der Waals surface area contributed by atoms with Gasteiger partial charge in [-0.05, 0) is 24.3 Å². The maximum atomic E-state index is 14.1. The summed E-state index contributed by atoms with van der Waals surface area (Å²) < 4.78 is 28.3.